The van der Waals surface area contributed by atoms with E-state index in [2.05, 4.69) is 4.74 Å². The summed E-state index contributed by atoms with van der Waals surface area (Å²) in [7, 11) is 1.26. The Labute approximate surface area is 169 Å². The number of halogens is 1. The number of benzene rings is 3. The lowest BCUT2D eigenvalue weighted by atomic mass is 10.1. The van der Waals surface area contributed by atoms with Crippen molar-refractivity contribution in [1.82, 2.24) is 0 Å². The average Bonchev–Trinajstić information content (AvgIpc) is 2.77. The van der Waals surface area contributed by atoms with Gasteiger partial charge in [-0.25, -0.2) is 9.18 Å². The quantitative estimate of drug-likeness (QED) is 0.392. The van der Waals surface area contributed by atoms with Gasteiger partial charge in [0, 0.05) is 11.6 Å². The number of methoxy groups -OCH3 is 1. The monoisotopic (exact) mass is 392 g/mol. The largest absolute Gasteiger partial charge is 0.485 e. The smallest absolute Gasteiger partial charge is 0.330 e. The number of carbonyl (C=O) groups is 1. The van der Waals surface area contributed by atoms with Gasteiger partial charge in [-0.2, -0.15) is 0 Å². The van der Waals surface area contributed by atoms with Crippen molar-refractivity contribution in [3.63, 3.8) is 0 Å². The van der Waals surface area contributed by atoms with E-state index in [-0.39, 0.29) is 30.3 Å². The summed E-state index contributed by atoms with van der Waals surface area (Å²) in [5.41, 5.74) is 2.05. The van der Waals surface area contributed by atoms with E-state index in [9.17, 15) is 4.79 Å². The lowest BCUT2D eigenvalue weighted by Gasteiger charge is -2.15. The van der Waals surface area contributed by atoms with Crippen LogP contribution in [0.3, 0.4) is 0 Å². The summed E-state index contributed by atoms with van der Waals surface area (Å²) >= 11 is 0. The molecule has 4 nitrogen and oxygen atoms in total. The van der Waals surface area contributed by atoms with E-state index in [1.54, 1.807) is 6.07 Å². The third-order valence-electron chi connectivity index (χ3n) is 4.15. The Hall–Kier alpha value is -3.60. The number of esters is 1. The predicted octanol–water partition coefficient (Wildman–Crippen LogP) is 5.17. The molecule has 0 saturated carbocycles. The molecule has 0 aromatic heterocycles. The zero-order valence-corrected chi connectivity index (χ0v) is 16.0. The lowest BCUT2D eigenvalue weighted by Crippen LogP contribution is -2.03. The van der Waals surface area contributed by atoms with Gasteiger partial charge in [0.05, 0.1) is 7.11 Å². The summed E-state index contributed by atoms with van der Waals surface area (Å²) in [6.07, 6.45) is 2.50. The van der Waals surface area contributed by atoms with Gasteiger partial charge in [-0.1, -0.05) is 60.7 Å². The van der Waals surface area contributed by atoms with Crippen molar-refractivity contribution in [1.29, 1.82) is 0 Å². The Morgan fingerprint density at radius 1 is 0.862 bits per heavy atom. The highest BCUT2D eigenvalue weighted by atomic mass is 19.1. The van der Waals surface area contributed by atoms with Crippen LogP contribution < -0.4 is 9.47 Å². The molecule has 0 spiro atoms. The lowest BCUT2D eigenvalue weighted by molar-refractivity contribution is -0.134. The van der Waals surface area contributed by atoms with Gasteiger partial charge in [-0.3, -0.25) is 0 Å². The van der Waals surface area contributed by atoms with Crippen molar-refractivity contribution in [3.05, 3.63) is 101 Å². The van der Waals surface area contributed by atoms with Gasteiger partial charge in [0.1, 0.15) is 13.2 Å². The highest BCUT2D eigenvalue weighted by molar-refractivity contribution is 5.87. The third-order valence-corrected chi connectivity index (χ3v) is 4.15. The Bertz CT molecular complexity index is 969. The first-order valence-corrected chi connectivity index (χ1v) is 9.09. The van der Waals surface area contributed by atoms with Crippen LogP contribution in [0.5, 0.6) is 11.5 Å². The Morgan fingerprint density at radius 2 is 1.45 bits per heavy atom. The topological polar surface area (TPSA) is 44.8 Å². The standard InChI is InChI=1S/C24H21FO4/c1-27-22(26)15-13-20-12-14-21(28-16-18-8-4-2-5-9-18)24(23(20)25)29-17-19-10-6-3-7-11-19/h2-15H,16-17H2,1H3/b15-13+. The van der Waals surface area contributed by atoms with Gasteiger partial charge < -0.3 is 14.2 Å². The second kappa shape index (κ2) is 10.1. The molecule has 3 aromatic rings. The summed E-state index contributed by atoms with van der Waals surface area (Å²) in [6.45, 7) is 0.461. The van der Waals surface area contributed by atoms with Crippen LogP contribution in [0.15, 0.2) is 78.9 Å². The van der Waals surface area contributed by atoms with Crippen LogP contribution in [0.25, 0.3) is 6.08 Å². The Kier molecular flexibility index (Phi) is 7.00. The van der Waals surface area contributed by atoms with Gasteiger partial charge >= 0.3 is 5.97 Å². The van der Waals surface area contributed by atoms with Crippen molar-refractivity contribution in [2.45, 2.75) is 13.2 Å². The highest BCUT2D eigenvalue weighted by Crippen LogP contribution is 2.34. The van der Waals surface area contributed by atoms with Crippen LogP contribution in [0.2, 0.25) is 0 Å². The average molecular weight is 392 g/mol. The second-order valence-corrected chi connectivity index (χ2v) is 6.20. The number of rotatable bonds is 8. The number of hydrogen-bond acceptors (Lipinski definition) is 4. The molecular weight excluding hydrogens is 371 g/mol. The zero-order valence-electron chi connectivity index (χ0n) is 16.0. The number of hydrogen-bond donors (Lipinski definition) is 0. The summed E-state index contributed by atoms with van der Waals surface area (Å²) in [4.78, 5) is 11.3. The molecule has 0 amide bonds. The molecule has 0 aliphatic rings. The summed E-state index contributed by atoms with van der Waals surface area (Å²) in [5.74, 6) is -0.887. The minimum absolute atomic E-state index is 0.00296. The van der Waals surface area contributed by atoms with Crippen molar-refractivity contribution < 1.29 is 23.4 Å². The molecule has 0 aliphatic carbocycles. The van der Waals surface area contributed by atoms with Gasteiger partial charge in [-0.05, 0) is 29.3 Å². The fourth-order valence-corrected chi connectivity index (χ4v) is 2.62. The van der Waals surface area contributed by atoms with Crippen LogP contribution in [-0.2, 0) is 22.7 Å². The van der Waals surface area contributed by atoms with Gasteiger partial charge in [0.2, 0.25) is 0 Å². The Balaban J connectivity index is 1.85. The van der Waals surface area contributed by atoms with Crippen LogP contribution in [0.1, 0.15) is 16.7 Å². The van der Waals surface area contributed by atoms with Crippen molar-refractivity contribution in [3.8, 4) is 11.5 Å². The van der Waals surface area contributed by atoms with Gasteiger partial charge in [0.25, 0.3) is 0 Å². The summed E-state index contributed by atoms with van der Waals surface area (Å²) in [6, 6.07) is 22.2. The Morgan fingerprint density at radius 3 is 2.03 bits per heavy atom. The fourth-order valence-electron chi connectivity index (χ4n) is 2.62. The SMILES string of the molecule is COC(=O)/C=C/c1ccc(OCc2ccccc2)c(OCc2ccccc2)c1F. The summed E-state index contributed by atoms with van der Waals surface area (Å²) < 4.78 is 31.2. The number of carbonyl (C=O) groups excluding carboxylic acids is 1. The third kappa shape index (κ3) is 5.69. The number of ether oxygens (including phenoxy) is 3. The molecule has 3 aromatic carbocycles. The van der Waals surface area contributed by atoms with Crippen LogP contribution >= 0.6 is 0 Å². The molecule has 0 bridgehead atoms. The van der Waals surface area contributed by atoms with E-state index in [1.807, 2.05) is 60.7 Å². The molecule has 29 heavy (non-hydrogen) atoms. The van der Waals surface area contributed by atoms with E-state index in [0.29, 0.717) is 0 Å². The van der Waals surface area contributed by atoms with E-state index >= 15 is 4.39 Å². The molecule has 0 aliphatic heterocycles. The highest BCUT2D eigenvalue weighted by Gasteiger charge is 2.16. The van der Waals surface area contributed by atoms with Crippen LogP contribution in [0, 0.1) is 5.82 Å². The molecular formula is C24H21FO4. The van der Waals surface area contributed by atoms with Gasteiger partial charge in [0.15, 0.2) is 17.3 Å². The molecule has 0 saturated heterocycles. The van der Waals surface area contributed by atoms with Crippen molar-refractivity contribution in [2.24, 2.45) is 0 Å². The molecule has 5 heteroatoms. The van der Waals surface area contributed by atoms with E-state index < -0.39 is 11.8 Å². The minimum Gasteiger partial charge on any atom is -0.485 e. The first kappa shape index (κ1) is 20.1. The maximum Gasteiger partial charge on any atom is 0.330 e. The molecule has 0 atom stereocenters. The van der Waals surface area contributed by atoms with Crippen molar-refractivity contribution in [2.75, 3.05) is 7.11 Å². The maximum atomic E-state index is 15.1. The van der Waals surface area contributed by atoms with E-state index in [1.165, 1.54) is 19.3 Å². The second-order valence-electron chi connectivity index (χ2n) is 6.20. The molecule has 0 N–H and O–H groups in total. The summed E-state index contributed by atoms with van der Waals surface area (Å²) in [5, 5.41) is 0. The first-order valence-electron chi connectivity index (χ1n) is 9.09. The zero-order chi connectivity index (χ0) is 20.5. The molecule has 0 heterocycles. The first-order chi connectivity index (χ1) is 14.2. The fraction of sp³-hybridized carbons (Fsp3) is 0.125. The predicted molar refractivity (Wildman–Crippen MR) is 109 cm³/mol. The molecule has 0 fully saturated rings. The molecule has 0 radical (unpaired) electrons. The van der Waals surface area contributed by atoms with E-state index in [4.69, 9.17) is 9.47 Å². The van der Waals surface area contributed by atoms with Crippen LogP contribution in [0.4, 0.5) is 4.39 Å². The van der Waals surface area contributed by atoms with Gasteiger partial charge in [-0.15, -0.1) is 0 Å². The molecule has 148 valence electrons. The molecule has 0 unspecified atom stereocenters. The normalized spacial score (nSPS) is 10.7. The minimum atomic E-state index is -0.605. The van der Waals surface area contributed by atoms with Crippen LogP contribution in [-0.4, -0.2) is 13.1 Å². The maximum absolute atomic E-state index is 15.1. The molecule has 3 rings (SSSR count). The van der Waals surface area contributed by atoms with Crippen molar-refractivity contribution >= 4 is 12.0 Å². The van der Waals surface area contributed by atoms with E-state index in [0.717, 1.165) is 17.2 Å².